The molecule has 6 nitrogen and oxygen atoms in total. The van der Waals surface area contributed by atoms with Gasteiger partial charge in [-0.25, -0.2) is 0 Å². The Labute approximate surface area is 158 Å². The van der Waals surface area contributed by atoms with Crippen LogP contribution in [0, 0.1) is 18.3 Å². The number of nitrogens with zero attached hydrogens (tertiary/aromatic N) is 4. The fraction of sp³-hybridized carbons (Fsp3) is 0.143. The van der Waals surface area contributed by atoms with Gasteiger partial charge in [-0.2, -0.15) is 5.26 Å². The molecule has 6 heteroatoms. The Morgan fingerprint density at radius 1 is 1.11 bits per heavy atom. The Bertz CT molecular complexity index is 992. The Kier molecular flexibility index (Phi) is 5.43. The number of benzene rings is 2. The maximum atomic E-state index is 12.4. The van der Waals surface area contributed by atoms with E-state index in [1.807, 2.05) is 43.0 Å². The second-order valence-corrected chi connectivity index (χ2v) is 5.97. The van der Waals surface area contributed by atoms with E-state index in [0.29, 0.717) is 17.1 Å². The van der Waals surface area contributed by atoms with Gasteiger partial charge in [-0.05, 0) is 55.8 Å². The third kappa shape index (κ3) is 4.10. The molecule has 0 aliphatic rings. The average molecular weight is 357 g/mol. The number of rotatable bonds is 5. The normalized spacial score (nSPS) is 10.1. The molecule has 0 spiro atoms. The molecular weight excluding hydrogens is 338 g/mol. The highest BCUT2D eigenvalue weighted by Gasteiger charge is 2.14. The van der Waals surface area contributed by atoms with Crippen molar-refractivity contribution in [1.29, 1.82) is 5.26 Å². The van der Waals surface area contributed by atoms with Crippen molar-refractivity contribution in [3.8, 4) is 6.07 Å². The van der Waals surface area contributed by atoms with Crippen LogP contribution in [0.4, 0.5) is 17.2 Å². The molecule has 3 aromatic rings. The number of amides is 1. The third-order valence-electron chi connectivity index (χ3n) is 4.08. The van der Waals surface area contributed by atoms with Crippen molar-refractivity contribution in [2.75, 3.05) is 16.8 Å². The van der Waals surface area contributed by atoms with Gasteiger partial charge in [0.15, 0.2) is 11.5 Å². The van der Waals surface area contributed by atoms with Gasteiger partial charge < -0.3 is 10.2 Å². The molecule has 0 atom stereocenters. The van der Waals surface area contributed by atoms with Crippen molar-refractivity contribution in [2.45, 2.75) is 13.8 Å². The summed E-state index contributed by atoms with van der Waals surface area (Å²) >= 11 is 0. The van der Waals surface area contributed by atoms with Crippen LogP contribution in [0.25, 0.3) is 0 Å². The molecule has 0 saturated heterocycles. The third-order valence-corrected chi connectivity index (χ3v) is 4.08. The molecule has 3 rings (SSSR count). The number of carbonyl (C=O) groups is 1. The lowest BCUT2D eigenvalue weighted by Crippen LogP contribution is -2.20. The molecule has 2 aromatic carbocycles. The van der Waals surface area contributed by atoms with Gasteiger partial charge in [0, 0.05) is 12.2 Å². The highest BCUT2D eigenvalue weighted by Crippen LogP contribution is 2.23. The minimum atomic E-state index is -0.407. The maximum Gasteiger partial charge on any atom is 0.276 e. The monoisotopic (exact) mass is 357 g/mol. The number of nitrogens with one attached hydrogen (secondary N) is 1. The van der Waals surface area contributed by atoms with E-state index < -0.39 is 5.91 Å². The molecule has 134 valence electrons. The zero-order valence-electron chi connectivity index (χ0n) is 15.2. The number of aromatic nitrogens is 2. The van der Waals surface area contributed by atoms with Gasteiger partial charge in [-0.3, -0.25) is 4.79 Å². The van der Waals surface area contributed by atoms with Gasteiger partial charge in [0.25, 0.3) is 5.91 Å². The quantitative estimate of drug-likeness (QED) is 0.744. The van der Waals surface area contributed by atoms with Crippen LogP contribution in [0.3, 0.4) is 0 Å². The second kappa shape index (κ2) is 8.11. The number of aryl methyl sites for hydroxylation is 1. The first-order chi connectivity index (χ1) is 13.1. The molecule has 1 aromatic heterocycles. The molecule has 0 aliphatic heterocycles. The molecule has 1 amide bonds. The Balaban J connectivity index is 1.80. The first-order valence-electron chi connectivity index (χ1n) is 8.60. The van der Waals surface area contributed by atoms with E-state index in [1.54, 1.807) is 36.4 Å². The summed E-state index contributed by atoms with van der Waals surface area (Å²) < 4.78 is 0. The summed E-state index contributed by atoms with van der Waals surface area (Å²) in [6.45, 7) is 4.79. The zero-order valence-corrected chi connectivity index (χ0v) is 15.2. The predicted octanol–water partition coefficient (Wildman–Crippen LogP) is 4.07. The van der Waals surface area contributed by atoms with Crippen molar-refractivity contribution in [3.05, 3.63) is 77.5 Å². The molecule has 27 heavy (non-hydrogen) atoms. The highest BCUT2D eigenvalue weighted by molar-refractivity contribution is 6.03. The molecule has 0 aliphatic carbocycles. The number of hydrogen-bond acceptors (Lipinski definition) is 5. The van der Waals surface area contributed by atoms with Crippen LogP contribution >= 0.6 is 0 Å². The summed E-state index contributed by atoms with van der Waals surface area (Å²) in [7, 11) is 0. The second-order valence-electron chi connectivity index (χ2n) is 5.97. The van der Waals surface area contributed by atoms with Gasteiger partial charge in [-0.1, -0.05) is 24.3 Å². The number of anilines is 3. The summed E-state index contributed by atoms with van der Waals surface area (Å²) in [4.78, 5) is 14.4. The van der Waals surface area contributed by atoms with E-state index in [2.05, 4.69) is 21.6 Å². The van der Waals surface area contributed by atoms with E-state index in [4.69, 9.17) is 5.26 Å². The molecule has 0 radical (unpaired) electrons. The lowest BCUT2D eigenvalue weighted by atomic mass is 10.2. The average Bonchev–Trinajstić information content (AvgIpc) is 2.69. The summed E-state index contributed by atoms with van der Waals surface area (Å²) in [6, 6.07) is 20.4. The van der Waals surface area contributed by atoms with E-state index in [9.17, 15) is 4.79 Å². The highest BCUT2D eigenvalue weighted by atomic mass is 16.1. The van der Waals surface area contributed by atoms with Crippen LogP contribution in [0.5, 0.6) is 0 Å². The van der Waals surface area contributed by atoms with Crippen LogP contribution in [-0.2, 0) is 0 Å². The van der Waals surface area contributed by atoms with E-state index in [0.717, 1.165) is 17.8 Å². The molecule has 0 unspecified atom stereocenters. The summed E-state index contributed by atoms with van der Waals surface area (Å²) in [5.41, 5.74) is 3.21. The van der Waals surface area contributed by atoms with Crippen LogP contribution in [0.15, 0.2) is 60.7 Å². The minimum absolute atomic E-state index is 0.187. The summed E-state index contributed by atoms with van der Waals surface area (Å²) in [5.74, 6) is 0.257. The maximum absolute atomic E-state index is 12.4. The number of hydrogen-bond donors (Lipinski definition) is 1. The van der Waals surface area contributed by atoms with Gasteiger partial charge >= 0.3 is 0 Å². The summed E-state index contributed by atoms with van der Waals surface area (Å²) in [6.07, 6.45) is 0. The fourth-order valence-electron chi connectivity index (χ4n) is 2.74. The van der Waals surface area contributed by atoms with Gasteiger partial charge in [0.1, 0.15) is 6.07 Å². The standard InChI is InChI=1S/C21H19N5O/c1-3-26(17-9-6-7-15(2)13-17)20-12-11-19(24-25-20)21(27)23-18-10-5-4-8-16(18)14-22/h4-13H,3H2,1-2H3,(H,23,27). The molecule has 0 fully saturated rings. The van der Waals surface area contributed by atoms with Crippen molar-refractivity contribution in [1.82, 2.24) is 10.2 Å². The topological polar surface area (TPSA) is 81.9 Å². The van der Waals surface area contributed by atoms with Gasteiger partial charge in [0.05, 0.1) is 11.3 Å². The molecule has 1 N–H and O–H groups in total. The Morgan fingerprint density at radius 3 is 2.59 bits per heavy atom. The van der Waals surface area contributed by atoms with Crippen molar-refractivity contribution >= 4 is 23.1 Å². The first kappa shape index (κ1) is 18.1. The minimum Gasteiger partial charge on any atom is -0.325 e. The molecule has 0 bridgehead atoms. The van der Waals surface area contributed by atoms with E-state index in [-0.39, 0.29) is 5.69 Å². The van der Waals surface area contributed by atoms with Crippen LogP contribution in [0.2, 0.25) is 0 Å². The number of carbonyl (C=O) groups excluding carboxylic acids is 1. The van der Waals surface area contributed by atoms with Crippen molar-refractivity contribution < 1.29 is 4.79 Å². The van der Waals surface area contributed by atoms with Crippen LogP contribution < -0.4 is 10.2 Å². The molecule has 0 saturated carbocycles. The van der Waals surface area contributed by atoms with Gasteiger partial charge in [0.2, 0.25) is 0 Å². The summed E-state index contributed by atoms with van der Waals surface area (Å²) in [5, 5.41) is 20.1. The Hall–Kier alpha value is -3.72. The predicted molar refractivity (Wildman–Crippen MR) is 105 cm³/mol. The van der Waals surface area contributed by atoms with Crippen molar-refractivity contribution in [2.24, 2.45) is 0 Å². The fourth-order valence-corrected chi connectivity index (χ4v) is 2.74. The van der Waals surface area contributed by atoms with Crippen LogP contribution in [0.1, 0.15) is 28.5 Å². The van der Waals surface area contributed by atoms with Crippen molar-refractivity contribution in [3.63, 3.8) is 0 Å². The smallest absolute Gasteiger partial charge is 0.276 e. The van der Waals surface area contributed by atoms with E-state index in [1.165, 1.54) is 0 Å². The number of para-hydroxylation sites is 1. The lowest BCUT2D eigenvalue weighted by Gasteiger charge is -2.22. The largest absolute Gasteiger partial charge is 0.325 e. The molecule has 1 heterocycles. The van der Waals surface area contributed by atoms with Gasteiger partial charge in [-0.15, -0.1) is 10.2 Å². The van der Waals surface area contributed by atoms with Crippen LogP contribution in [-0.4, -0.2) is 22.6 Å². The lowest BCUT2D eigenvalue weighted by molar-refractivity contribution is 0.102. The van der Waals surface area contributed by atoms with E-state index >= 15 is 0 Å². The number of nitriles is 1. The zero-order chi connectivity index (χ0) is 19.2. The molecular formula is C21H19N5O. The SMILES string of the molecule is CCN(c1cccc(C)c1)c1ccc(C(=O)Nc2ccccc2C#N)nn1. The Morgan fingerprint density at radius 2 is 1.93 bits per heavy atom. The first-order valence-corrected chi connectivity index (χ1v) is 8.60.